The van der Waals surface area contributed by atoms with E-state index in [0.29, 0.717) is 13.0 Å². The lowest BCUT2D eigenvalue weighted by atomic mass is 10.1. The Hall–Kier alpha value is -1.70. The summed E-state index contributed by atoms with van der Waals surface area (Å²) >= 11 is 0. The van der Waals surface area contributed by atoms with Crippen LogP contribution < -0.4 is 4.72 Å². The molecule has 0 bridgehead atoms. The van der Waals surface area contributed by atoms with Gasteiger partial charge in [0.15, 0.2) is 0 Å². The second-order valence-electron chi connectivity index (χ2n) is 4.77. The molecule has 0 spiro atoms. The Balaban J connectivity index is 2.09. The summed E-state index contributed by atoms with van der Waals surface area (Å²) in [5, 5.41) is 12.8. The Morgan fingerprint density at radius 2 is 2.05 bits per heavy atom. The summed E-state index contributed by atoms with van der Waals surface area (Å²) < 4.78 is 28.7. The van der Waals surface area contributed by atoms with Crippen molar-refractivity contribution in [2.24, 2.45) is 0 Å². The van der Waals surface area contributed by atoms with Crippen molar-refractivity contribution in [2.75, 3.05) is 6.61 Å². The number of benzene rings is 1. The summed E-state index contributed by atoms with van der Waals surface area (Å²) in [4.78, 5) is 0.128. The van der Waals surface area contributed by atoms with Crippen LogP contribution in [0.1, 0.15) is 24.9 Å². The summed E-state index contributed by atoms with van der Waals surface area (Å²) in [6, 6.07) is 9.04. The first kappa shape index (κ1) is 15.7. The predicted molar refractivity (Wildman–Crippen MR) is 79.1 cm³/mol. The largest absolute Gasteiger partial charge is 0.396 e. The molecule has 0 fully saturated rings. The molecule has 0 aliphatic rings. The molecule has 0 saturated heterocycles. The molecule has 0 aliphatic heterocycles. The summed E-state index contributed by atoms with van der Waals surface area (Å²) in [5.74, 6) is 0. The molecule has 0 saturated carbocycles. The average molecular weight is 309 g/mol. The van der Waals surface area contributed by atoms with Crippen molar-refractivity contribution in [1.82, 2.24) is 14.5 Å². The van der Waals surface area contributed by atoms with Gasteiger partial charge in [-0.3, -0.25) is 4.68 Å². The Bertz CT molecular complexity index is 668. The number of nitrogens with zero attached hydrogens (tertiary/aromatic N) is 2. The quantitative estimate of drug-likeness (QED) is 0.807. The third-order valence-corrected chi connectivity index (χ3v) is 4.59. The Labute approximate surface area is 124 Å². The number of sulfonamides is 1. The highest BCUT2D eigenvalue weighted by Gasteiger charge is 2.20. The molecule has 7 heteroatoms. The molecule has 0 amide bonds. The molecule has 114 valence electrons. The minimum absolute atomic E-state index is 0.0469. The number of hydrogen-bond acceptors (Lipinski definition) is 4. The van der Waals surface area contributed by atoms with E-state index in [2.05, 4.69) is 9.82 Å². The van der Waals surface area contributed by atoms with Crippen LogP contribution >= 0.6 is 0 Å². The molecular formula is C14H19N3O3S. The molecule has 1 atom stereocenters. The minimum Gasteiger partial charge on any atom is -0.396 e. The van der Waals surface area contributed by atoms with E-state index in [0.717, 1.165) is 5.56 Å². The highest BCUT2D eigenvalue weighted by Crippen LogP contribution is 2.16. The second kappa shape index (κ2) is 6.84. The van der Waals surface area contributed by atoms with E-state index >= 15 is 0 Å². The fraction of sp³-hybridized carbons (Fsp3) is 0.357. The molecular weight excluding hydrogens is 290 g/mol. The van der Waals surface area contributed by atoms with Crippen molar-refractivity contribution < 1.29 is 13.5 Å². The zero-order valence-electron chi connectivity index (χ0n) is 11.8. The first-order valence-corrected chi connectivity index (χ1v) is 8.22. The topological polar surface area (TPSA) is 84.2 Å². The average Bonchev–Trinajstić information content (AvgIpc) is 2.95. The number of aliphatic hydroxyl groups is 1. The van der Waals surface area contributed by atoms with E-state index in [4.69, 9.17) is 5.11 Å². The zero-order valence-corrected chi connectivity index (χ0v) is 12.6. The van der Waals surface area contributed by atoms with Crippen LogP contribution in [0.4, 0.5) is 0 Å². The maximum absolute atomic E-state index is 12.3. The maximum atomic E-state index is 12.3. The summed E-state index contributed by atoms with van der Waals surface area (Å²) in [6.45, 7) is 2.33. The monoisotopic (exact) mass is 309 g/mol. The Morgan fingerprint density at radius 3 is 2.71 bits per heavy atom. The molecule has 1 aromatic heterocycles. The molecule has 21 heavy (non-hydrogen) atoms. The molecule has 1 heterocycles. The van der Waals surface area contributed by atoms with Crippen LogP contribution in [0, 0.1) is 0 Å². The van der Waals surface area contributed by atoms with Gasteiger partial charge in [0.2, 0.25) is 10.0 Å². The fourth-order valence-electron chi connectivity index (χ4n) is 1.95. The fourth-order valence-corrected chi connectivity index (χ4v) is 3.13. The van der Waals surface area contributed by atoms with Crippen molar-refractivity contribution in [3.63, 3.8) is 0 Å². The summed E-state index contributed by atoms with van der Waals surface area (Å²) in [5.41, 5.74) is 0.897. The lowest BCUT2D eigenvalue weighted by Gasteiger charge is -2.13. The predicted octanol–water partition coefficient (Wildman–Crippen LogP) is 1.30. The standard InChI is InChI=1S/C14H19N3O3S/c1-12(13-6-3-2-4-7-13)16-21(19,20)14-10-15-17(11-14)8-5-9-18/h2-4,6-7,10-12,16,18H,5,8-9H2,1H3. The number of aliphatic hydroxyl groups excluding tert-OH is 1. The van der Waals surface area contributed by atoms with Gasteiger partial charge in [-0.2, -0.15) is 5.10 Å². The lowest BCUT2D eigenvalue weighted by molar-refractivity contribution is 0.277. The van der Waals surface area contributed by atoms with Crippen LogP contribution in [0.25, 0.3) is 0 Å². The van der Waals surface area contributed by atoms with Crippen molar-refractivity contribution in [3.8, 4) is 0 Å². The van der Waals surface area contributed by atoms with Gasteiger partial charge in [0.25, 0.3) is 0 Å². The molecule has 2 aromatic rings. The third-order valence-electron chi connectivity index (χ3n) is 3.10. The van der Waals surface area contributed by atoms with Crippen molar-refractivity contribution in [3.05, 3.63) is 48.3 Å². The summed E-state index contributed by atoms with van der Waals surface area (Å²) in [7, 11) is -3.61. The van der Waals surface area contributed by atoms with E-state index in [1.165, 1.54) is 17.1 Å². The summed E-state index contributed by atoms with van der Waals surface area (Å²) in [6.07, 6.45) is 3.32. The van der Waals surface area contributed by atoms with Crippen LogP contribution in [-0.2, 0) is 16.6 Å². The van der Waals surface area contributed by atoms with Crippen LogP contribution in [0.3, 0.4) is 0 Å². The number of aryl methyl sites for hydroxylation is 1. The molecule has 0 aliphatic carbocycles. The first-order chi connectivity index (χ1) is 10.0. The number of hydrogen-bond donors (Lipinski definition) is 2. The van der Waals surface area contributed by atoms with Crippen LogP contribution in [-0.4, -0.2) is 29.9 Å². The highest BCUT2D eigenvalue weighted by atomic mass is 32.2. The third kappa shape index (κ3) is 4.13. The van der Waals surface area contributed by atoms with Crippen LogP contribution in [0.5, 0.6) is 0 Å². The van der Waals surface area contributed by atoms with E-state index in [1.54, 1.807) is 6.92 Å². The smallest absolute Gasteiger partial charge is 0.244 e. The van der Waals surface area contributed by atoms with E-state index in [1.807, 2.05) is 30.3 Å². The van der Waals surface area contributed by atoms with Gasteiger partial charge >= 0.3 is 0 Å². The normalized spacial score (nSPS) is 13.2. The highest BCUT2D eigenvalue weighted by molar-refractivity contribution is 7.89. The molecule has 0 radical (unpaired) electrons. The van der Waals surface area contributed by atoms with Gasteiger partial charge in [-0.05, 0) is 18.9 Å². The molecule has 2 rings (SSSR count). The van der Waals surface area contributed by atoms with Gasteiger partial charge in [0.1, 0.15) is 4.90 Å². The number of aromatic nitrogens is 2. The zero-order chi connectivity index (χ0) is 15.3. The molecule has 2 N–H and O–H groups in total. The van der Waals surface area contributed by atoms with E-state index in [-0.39, 0.29) is 17.5 Å². The minimum atomic E-state index is -3.61. The Kier molecular flexibility index (Phi) is 5.11. The number of nitrogens with one attached hydrogen (secondary N) is 1. The Morgan fingerprint density at radius 1 is 1.33 bits per heavy atom. The molecule has 1 aromatic carbocycles. The van der Waals surface area contributed by atoms with Crippen LogP contribution in [0.2, 0.25) is 0 Å². The van der Waals surface area contributed by atoms with Gasteiger partial charge in [-0.25, -0.2) is 13.1 Å². The maximum Gasteiger partial charge on any atom is 0.244 e. The molecule has 6 nitrogen and oxygen atoms in total. The van der Waals surface area contributed by atoms with Gasteiger partial charge in [-0.15, -0.1) is 0 Å². The van der Waals surface area contributed by atoms with E-state index < -0.39 is 10.0 Å². The van der Waals surface area contributed by atoms with Gasteiger partial charge in [-0.1, -0.05) is 30.3 Å². The van der Waals surface area contributed by atoms with Gasteiger partial charge in [0, 0.05) is 25.4 Å². The first-order valence-electron chi connectivity index (χ1n) is 6.73. The van der Waals surface area contributed by atoms with Gasteiger partial charge < -0.3 is 5.11 Å². The molecule has 1 unspecified atom stereocenters. The van der Waals surface area contributed by atoms with Crippen molar-refractivity contribution in [1.29, 1.82) is 0 Å². The van der Waals surface area contributed by atoms with E-state index in [9.17, 15) is 8.42 Å². The second-order valence-corrected chi connectivity index (χ2v) is 6.48. The van der Waals surface area contributed by atoms with Crippen molar-refractivity contribution >= 4 is 10.0 Å². The SMILES string of the molecule is CC(NS(=O)(=O)c1cnn(CCCO)c1)c1ccccc1. The number of rotatable bonds is 7. The van der Waals surface area contributed by atoms with Gasteiger partial charge in [0.05, 0.1) is 6.20 Å². The van der Waals surface area contributed by atoms with Crippen molar-refractivity contribution in [2.45, 2.75) is 30.8 Å². The lowest BCUT2D eigenvalue weighted by Crippen LogP contribution is -2.26. The van der Waals surface area contributed by atoms with Crippen LogP contribution in [0.15, 0.2) is 47.6 Å².